The first kappa shape index (κ1) is 13.5. The lowest BCUT2D eigenvalue weighted by molar-refractivity contribution is 0.319. The van der Waals surface area contributed by atoms with Crippen molar-refractivity contribution in [2.24, 2.45) is 5.73 Å². The molecule has 0 aliphatic heterocycles. The largest absolute Gasteiger partial charge is 0.494 e. The molecule has 0 bridgehead atoms. The number of hydrogen-bond donors (Lipinski definition) is 1. The van der Waals surface area contributed by atoms with Gasteiger partial charge in [-0.05, 0) is 25.1 Å². The van der Waals surface area contributed by atoms with Crippen LogP contribution >= 0.6 is 15.9 Å². The predicted octanol–water partition coefficient (Wildman–Crippen LogP) is 2.82. The maximum Gasteiger partial charge on any atom is 0.119 e. The summed E-state index contributed by atoms with van der Waals surface area (Å²) in [5, 5.41) is 1.000. The van der Waals surface area contributed by atoms with Crippen molar-refractivity contribution in [1.82, 2.24) is 0 Å². The summed E-state index contributed by atoms with van der Waals surface area (Å²) in [5.41, 5.74) is 4.85. The van der Waals surface area contributed by atoms with Gasteiger partial charge in [0.05, 0.1) is 6.61 Å². The molecule has 0 fully saturated rings. The van der Waals surface area contributed by atoms with E-state index in [0.717, 1.165) is 30.7 Å². The summed E-state index contributed by atoms with van der Waals surface area (Å²) in [6.07, 6.45) is 1.05. The Bertz CT molecular complexity index is 204. The summed E-state index contributed by atoms with van der Waals surface area (Å²) >= 11 is 3.34. The van der Waals surface area contributed by atoms with Gasteiger partial charge in [0.1, 0.15) is 5.75 Å². The molecule has 1 aromatic carbocycles. The average Bonchev–Trinajstić information content (AvgIpc) is 2.21. The van der Waals surface area contributed by atoms with Crippen LogP contribution in [0.1, 0.15) is 13.3 Å². The molecule has 14 heavy (non-hydrogen) atoms. The van der Waals surface area contributed by atoms with Crippen LogP contribution in [0.3, 0.4) is 0 Å². The molecule has 0 amide bonds. The summed E-state index contributed by atoms with van der Waals surface area (Å²) in [7, 11) is 0. The molecule has 0 unspecified atom stereocenters. The number of halogens is 1. The third-order valence-electron chi connectivity index (χ3n) is 1.29. The van der Waals surface area contributed by atoms with Crippen LogP contribution in [0, 0.1) is 0 Å². The Hall–Kier alpha value is -0.540. The predicted molar refractivity (Wildman–Crippen MR) is 65.1 cm³/mol. The molecule has 0 saturated heterocycles. The minimum absolute atomic E-state index is 0.750. The van der Waals surface area contributed by atoms with E-state index in [-0.39, 0.29) is 0 Å². The van der Waals surface area contributed by atoms with Crippen molar-refractivity contribution in [3.63, 3.8) is 0 Å². The standard InChI is InChI=1S/C9H11BrO.C2H7N/c10-7-4-8-11-9-5-2-1-3-6-9;1-2-3/h1-3,5-6H,4,7-8H2;2-3H2,1H3. The molecular weight excluding hydrogens is 242 g/mol. The van der Waals surface area contributed by atoms with Gasteiger partial charge in [0.2, 0.25) is 0 Å². The lowest BCUT2D eigenvalue weighted by Gasteiger charge is -2.02. The van der Waals surface area contributed by atoms with Crippen molar-refractivity contribution < 1.29 is 4.74 Å². The summed E-state index contributed by atoms with van der Waals surface area (Å²) in [5.74, 6) is 0.952. The Morgan fingerprint density at radius 1 is 1.29 bits per heavy atom. The van der Waals surface area contributed by atoms with Gasteiger partial charge in [0, 0.05) is 5.33 Å². The summed E-state index contributed by atoms with van der Waals surface area (Å²) in [6.45, 7) is 3.44. The number of rotatable bonds is 4. The molecule has 2 N–H and O–H groups in total. The van der Waals surface area contributed by atoms with Crippen LogP contribution in [0.4, 0.5) is 0 Å². The van der Waals surface area contributed by atoms with Gasteiger partial charge in [0.15, 0.2) is 0 Å². The van der Waals surface area contributed by atoms with Crippen LogP contribution in [-0.2, 0) is 0 Å². The fraction of sp³-hybridized carbons (Fsp3) is 0.455. The van der Waals surface area contributed by atoms with Gasteiger partial charge in [-0.2, -0.15) is 0 Å². The highest BCUT2D eigenvalue weighted by Crippen LogP contribution is 2.08. The van der Waals surface area contributed by atoms with Gasteiger partial charge in [-0.3, -0.25) is 0 Å². The number of ether oxygens (including phenoxy) is 1. The summed E-state index contributed by atoms with van der Waals surface area (Å²) < 4.78 is 5.42. The van der Waals surface area contributed by atoms with Gasteiger partial charge >= 0.3 is 0 Å². The first-order valence-electron chi connectivity index (χ1n) is 4.79. The molecule has 2 nitrogen and oxygen atoms in total. The SMILES string of the molecule is BrCCCOc1ccccc1.CCN. The van der Waals surface area contributed by atoms with Crippen molar-refractivity contribution in [2.75, 3.05) is 18.5 Å². The zero-order chi connectivity index (χ0) is 10.6. The lowest BCUT2D eigenvalue weighted by atomic mass is 10.3. The van der Waals surface area contributed by atoms with E-state index in [9.17, 15) is 0 Å². The Morgan fingerprint density at radius 2 is 1.86 bits per heavy atom. The third kappa shape index (κ3) is 8.08. The summed E-state index contributed by atoms with van der Waals surface area (Å²) in [4.78, 5) is 0. The molecule has 0 heterocycles. The molecule has 0 saturated carbocycles. The van der Waals surface area contributed by atoms with Crippen LogP contribution in [0.2, 0.25) is 0 Å². The van der Waals surface area contributed by atoms with E-state index in [1.54, 1.807) is 0 Å². The average molecular weight is 260 g/mol. The molecular formula is C11H18BrNO. The molecule has 1 rings (SSSR count). The zero-order valence-corrected chi connectivity index (χ0v) is 10.2. The fourth-order valence-corrected chi connectivity index (χ4v) is 0.990. The Kier molecular flexibility index (Phi) is 10.1. The second-order valence-electron chi connectivity index (χ2n) is 2.61. The molecule has 0 spiro atoms. The lowest BCUT2D eigenvalue weighted by Crippen LogP contribution is -1.96. The number of alkyl halides is 1. The van der Waals surface area contributed by atoms with Gasteiger partial charge in [-0.15, -0.1) is 0 Å². The smallest absolute Gasteiger partial charge is 0.119 e. The van der Waals surface area contributed by atoms with Crippen molar-refractivity contribution in [3.8, 4) is 5.75 Å². The number of hydrogen-bond acceptors (Lipinski definition) is 2. The first-order chi connectivity index (χ1) is 6.85. The highest BCUT2D eigenvalue weighted by Gasteiger charge is 1.88. The van der Waals surface area contributed by atoms with Crippen molar-refractivity contribution in [3.05, 3.63) is 30.3 Å². The highest BCUT2D eigenvalue weighted by molar-refractivity contribution is 9.09. The number of para-hydroxylation sites is 1. The second kappa shape index (κ2) is 10.5. The van der Waals surface area contributed by atoms with E-state index in [4.69, 9.17) is 10.5 Å². The maximum absolute atomic E-state index is 5.42. The fourth-order valence-electron chi connectivity index (χ4n) is 0.761. The van der Waals surface area contributed by atoms with Crippen LogP contribution < -0.4 is 10.5 Å². The quantitative estimate of drug-likeness (QED) is 0.667. The Labute approximate surface area is 94.6 Å². The molecule has 80 valence electrons. The normalized spacial score (nSPS) is 8.79. The molecule has 0 atom stereocenters. The minimum Gasteiger partial charge on any atom is -0.494 e. The van der Waals surface area contributed by atoms with E-state index < -0.39 is 0 Å². The minimum atomic E-state index is 0.750. The van der Waals surface area contributed by atoms with Gasteiger partial charge < -0.3 is 10.5 Å². The van der Waals surface area contributed by atoms with E-state index >= 15 is 0 Å². The Balaban J connectivity index is 0.000000500. The molecule has 3 heteroatoms. The summed E-state index contributed by atoms with van der Waals surface area (Å²) in [6, 6.07) is 9.87. The van der Waals surface area contributed by atoms with Crippen LogP contribution in [0.5, 0.6) is 5.75 Å². The van der Waals surface area contributed by atoms with Crippen molar-refractivity contribution in [1.29, 1.82) is 0 Å². The van der Waals surface area contributed by atoms with Gasteiger partial charge in [-0.25, -0.2) is 0 Å². The van der Waals surface area contributed by atoms with Crippen LogP contribution in [-0.4, -0.2) is 18.5 Å². The van der Waals surface area contributed by atoms with Crippen LogP contribution in [0.25, 0.3) is 0 Å². The Morgan fingerprint density at radius 3 is 2.36 bits per heavy atom. The van der Waals surface area contributed by atoms with E-state index in [1.807, 2.05) is 37.3 Å². The molecule has 0 aliphatic rings. The monoisotopic (exact) mass is 259 g/mol. The van der Waals surface area contributed by atoms with E-state index in [0.29, 0.717) is 0 Å². The van der Waals surface area contributed by atoms with Gasteiger partial charge in [-0.1, -0.05) is 41.1 Å². The molecule has 0 aromatic heterocycles. The second-order valence-corrected chi connectivity index (χ2v) is 3.41. The zero-order valence-electron chi connectivity index (χ0n) is 8.58. The topological polar surface area (TPSA) is 35.2 Å². The van der Waals surface area contributed by atoms with Crippen molar-refractivity contribution in [2.45, 2.75) is 13.3 Å². The van der Waals surface area contributed by atoms with Crippen LogP contribution in [0.15, 0.2) is 30.3 Å². The van der Waals surface area contributed by atoms with Gasteiger partial charge in [0.25, 0.3) is 0 Å². The van der Waals surface area contributed by atoms with E-state index in [2.05, 4.69) is 15.9 Å². The number of nitrogens with two attached hydrogens (primary N) is 1. The highest BCUT2D eigenvalue weighted by atomic mass is 79.9. The third-order valence-corrected chi connectivity index (χ3v) is 1.85. The van der Waals surface area contributed by atoms with E-state index in [1.165, 1.54) is 0 Å². The molecule has 0 radical (unpaired) electrons. The first-order valence-corrected chi connectivity index (χ1v) is 5.91. The number of benzene rings is 1. The maximum atomic E-state index is 5.42. The van der Waals surface area contributed by atoms with Crippen molar-refractivity contribution >= 4 is 15.9 Å². The molecule has 1 aromatic rings. The molecule has 0 aliphatic carbocycles.